The van der Waals surface area contributed by atoms with Gasteiger partial charge in [0, 0.05) is 12.7 Å². The zero-order valence-electron chi connectivity index (χ0n) is 13.5. The van der Waals surface area contributed by atoms with Gasteiger partial charge in [0.15, 0.2) is 0 Å². The maximum absolute atomic E-state index is 13.0. The normalized spacial score (nSPS) is 11.8. The van der Waals surface area contributed by atoms with Crippen molar-refractivity contribution in [2.24, 2.45) is 0 Å². The van der Waals surface area contributed by atoms with Crippen molar-refractivity contribution in [1.82, 2.24) is 0 Å². The first kappa shape index (κ1) is 18.9. The second kappa shape index (κ2) is 6.51. The molecule has 0 atom stereocenters. The highest BCUT2D eigenvalue weighted by Crippen LogP contribution is 2.21. The predicted octanol–water partition coefficient (Wildman–Crippen LogP) is 2.90. The van der Waals surface area contributed by atoms with Gasteiger partial charge < -0.3 is 22.4 Å². The molecule has 1 rings (SSSR count). The third-order valence-electron chi connectivity index (χ3n) is 2.79. The lowest BCUT2D eigenvalue weighted by molar-refractivity contribution is 0.0580. The molecule has 0 aliphatic rings. The van der Waals surface area contributed by atoms with Crippen molar-refractivity contribution in [3.05, 3.63) is 23.8 Å². The minimum absolute atomic E-state index is 0.114. The lowest BCUT2D eigenvalue weighted by atomic mass is 9.79. The summed E-state index contributed by atoms with van der Waals surface area (Å²) in [6, 6.07) is 2.62. The molecule has 1 aromatic rings. The minimum atomic E-state index is -5.35. The number of hydrogen-bond acceptors (Lipinski definition) is 4. The molecule has 128 valence electrons. The highest BCUT2D eigenvalue weighted by molar-refractivity contribution is 6.73. The van der Waals surface area contributed by atoms with E-state index >= 15 is 0 Å². The minimum Gasteiger partial charge on any atom is -0.465 e. The number of rotatable bonds is 3. The number of esters is 1. The van der Waals surface area contributed by atoms with Crippen LogP contribution in [-0.2, 0) is 9.47 Å². The molecule has 0 saturated heterocycles. The number of halogens is 3. The molecule has 23 heavy (non-hydrogen) atoms. The van der Waals surface area contributed by atoms with E-state index in [2.05, 4.69) is 4.74 Å². The fourth-order valence-electron chi connectivity index (χ4n) is 1.69. The Labute approximate surface area is 132 Å². The Morgan fingerprint density at radius 1 is 1.13 bits per heavy atom. The van der Waals surface area contributed by atoms with E-state index in [1.54, 1.807) is 20.8 Å². The van der Waals surface area contributed by atoms with Crippen LogP contribution in [0.25, 0.3) is 0 Å². The molecule has 5 nitrogen and oxygen atoms in total. The molecular formula is C14H18BF3NO4-. The Kier molecular flexibility index (Phi) is 5.34. The highest BCUT2D eigenvalue weighted by atomic mass is 19.4. The van der Waals surface area contributed by atoms with E-state index in [0.29, 0.717) is 6.07 Å². The molecule has 0 saturated carbocycles. The van der Waals surface area contributed by atoms with E-state index in [0.717, 1.165) is 24.1 Å². The summed E-state index contributed by atoms with van der Waals surface area (Å²) < 4.78 is 48.6. The maximum Gasteiger partial charge on any atom is 0.509 e. The summed E-state index contributed by atoms with van der Waals surface area (Å²) in [7, 11) is 2.32. The number of benzene rings is 1. The van der Waals surface area contributed by atoms with Gasteiger partial charge in [-0.25, -0.2) is 9.59 Å². The number of nitrogens with zero attached hydrogens (tertiary/aromatic N) is 1. The van der Waals surface area contributed by atoms with Crippen molar-refractivity contribution in [1.29, 1.82) is 0 Å². The van der Waals surface area contributed by atoms with Gasteiger partial charge in [-0.05, 0) is 26.8 Å². The molecule has 0 aromatic heterocycles. The fraction of sp³-hybridized carbons (Fsp3) is 0.429. The molecule has 0 aliphatic heterocycles. The van der Waals surface area contributed by atoms with Crippen LogP contribution in [0.2, 0.25) is 0 Å². The first-order valence-corrected chi connectivity index (χ1v) is 6.75. The number of hydrogen-bond donors (Lipinski definition) is 0. The third kappa shape index (κ3) is 5.19. The lowest BCUT2D eigenvalue weighted by Crippen LogP contribution is -2.38. The Bertz CT molecular complexity index is 611. The van der Waals surface area contributed by atoms with E-state index in [1.165, 1.54) is 7.05 Å². The lowest BCUT2D eigenvalue weighted by Gasteiger charge is -2.26. The predicted molar refractivity (Wildman–Crippen MR) is 81.1 cm³/mol. The van der Waals surface area contributed by atoms with Gasteiger partial charge >= 0.3 is 19.0 Å². The summed E-state index contributed by atoms with van der Waals surface area (Å²) in [4.78, 5) is 24.4. The zero-order chi connectivity index (χ0) is 18.0. The number of anilines is 1. The van der Waals surface area contributed by atoms with Gasteiger partial charge in [-0.15, -0.1) is 5.46 Å². The average molecular weight is 332 g/mol. The fourth-order valence-corrected chi connectivity index (χ4v) is 1.69. The summed E-state index contributed by atoms with van der Waals surface area (Å²) in [6.45, 7) is -0.448. The van der Waals surface area contributed by atoms with Gasteiger partial charge in [0.05, 0.1) is 12.7 Å². The Hall–Kier alpha value is -2.19. The number of carbonyl (C=O) groups is 2. The number of ether oxygens (including phenoxy) is 2. The molecule has 1 amide bonds. The molecule has 0 fully saturated rings. The van der Waals surface area contributed by atoms with Crippen molar-refractivity contribution in [2.75, 3.05) is 19.1 Å². The van der Waals surface area contributed by atoms with E-state index < -0.39 is 30.1 Å². The number of carbonyl (C=O) groups excluding carboxylic acids is 2. The summed E-state index contributed by atoms with van der Waals surface area (Å²) in [5.74, 6) is -0.925. The Morgan fingerprint density at radius 3 is 2.13 bits per heavy atom. The van der Waals surface area contributed by atoms with Crippen molar-refractivity contribution in [3.63, 3.8) is 0 Å². The van der Waals surface area contributed by atoms with E-state index in [9.17, 15) is 22.5 Å². The molecule has 0 spiro atoms. The van der Waals surface area contributed by atoms with Crippen LogP contribution in [0, 0.1) is 0 Å². The molecule has 1 aromatic carbocycles. The molecule has 0 radical (unpaired) electrons. The molecule has 0 N–H and O–H groups in total. The van der Waals surface area contributed by atoms with Crippen LogP contribution in [0.15, 0.2) is 18.2 Å². The van der Waals surface area contributed by atoms with E-state index in [4.69, 9.17) is 4.74 Å². The molecule has 0 bridgehead atoms. The van der Waals surface area contributed by atoms with Gasteiger partial charge in [-0.1, -0.05) is 12.1 Å². The third-order valence-corrected chi connectivity index (χ3v) is 2.79. The molecular weight excluding hydrogens is 314 g/mol. The van der Waals surface area contributed by atoms with Crippen LogP contribution in [-0.4, -0.2) is 38.8 Å². The van der Waals surface area contributed by atoms with Crippen LogP contribution in [0.3, 0.4) is 0 Å². The van der Waals surface area contributed by atoms with Gasteiger partial charge in [0.25, 0.3) is 0 Å². The topological polar surface area (TPSA) is 55.8 Å². The largest absolute Gasteiger partial charge is 0.509 e. The van der Waals surface area contributed by atoms with Crippen molar-refractivity contribution in [3.8, 4) is 0 Å². The number of amides is 1. The van der Waals surface area contributed by atoms with Crippen LogP contribution >= 0.6 is 0 Å². The van der Waals surface area contributed by atoms with E-state index in [-0.39, 0.29) is 11.3 Å². The maximum atomic E-state index is 13.0. The van der Waals surface area contributed by atoms with Crippen molar-refractivity contribution >= 4 is 30.2 Å². The molecule has 0 aliphatic carbocycles. The summed E-state index contributed by atoms with van der Waals surface area (Å²) in [6.07, 6.45) is -0.833. The van der Waals surface area contributed by atoms with Gasteiger partial charge in [-0.3, -0.25) is 4.90 Å². The number of methoxy groups -OCH3 is 1. The summed E-state index contributed by atoms with van der Waals surface area (Å²) in [5.41, 5.74) is -2.22. The van der Waals surface area contributed by atoms with Gasteiger partial charge in [0.2, 0.25) is 0 Å². The average Bonchev–Trinajstić information content (AvgIpc) is 2.42. The van der Waals surface area contributed by atoms with Crippen LogP contribution in [0.4, 0.5) is 23.4 Å². The quantitative estimate of drug-likeness (QED) is 0.631. The van der Waals surface area contributed by atoms with E-state index in [1.807, 2.05) is 0 Å². The molecule has 9 heteroatoms. The summed E-state index contributed by atoms with van der Waals surface area (Å²) in [5, 5.41) is 0. The zero-order valence-corrected chi connectivity index (χ0v) is 13.5. The van der Waals surface area contributed by atoms with Gasteiger partial charge in [-0.2, -0.15) is 0 Å². The first-order valence-electron chi connectivity index (χ1n) is 6.75. The van der Waals surface area contributed by atoms with Crippen LogP contribution < -0.4 is 10.4 Å². The van der Waals surface area contributed by atoms with Crippen molar-refractivity contribution in [2.45, 2.75) is 26.4 Å². The van der Waals surface area contributed by atoms with Crippen LogP contribution in [0.5, 0.6) is 0 Å². The first-order chi connectivity index (χ1) is 10.3. The smallest absolute Gasteiger partial charge is 0.465 e. The van der Waals surface area contributed by atoms with Crippen LogP contribution in [0.1, 0.15) is 31.1 Å². The molecule has 0 heterocycles. The highest BCUT2D eigenvalue weighted by Gasteiger charge is 2.29. The second-order valence-corrected chi connectivity index (χ2v) is 5.92. The summed E-state index contributed by atoms with van der Waals surface area (Å²) >= 11 is 0. The van der Waals surface area contributed by atoms with Crippen molar-refractivity contribution < 1.29 is 32.0 Å². The Morgan fingerprint density at radius 2 is 1.70 bits per heavy atom. The molecule has 0 unspecified atom stereocenters. The Balaban J connectivity index is 3.29. The second-order valence-electron chi connectivity index (χ2n) is 5.92. The SMILES string of the molecule is COC(=O)c1cc(N(C)C(=O)OC(C)(C)C)cc([B-](F)(F)F)c1. The standard InChI is InChI=1S/C14H18BF3NO4/c1-14(2,3)23-13(21)19(4)11-7-9(12(20)22-5)6-10(8-11)15(16,17)18/h6-8H,1-5H3/q-1. The van der Waals surface area contributed by atoms with Gasteiger partial charge in [0.1, 0.15) is 5.60 Å². The monoisotopic (exact) mass is 332 g/mol.